The highest BCUT2D eigenvalue weighted by Gasteiger charge is 2.44. The Labute approximate surface area is 93.8 Å². The third kappa shape index (κ3) is 1.76. The zero-order chi connectivity index (χ0) is 11.7. The van der Waals surface area contributed by atoms with E-state index in [2.05, 4.69) is 0 Å². The van der Waals surface area contributed by atoms with Gasteiger partial charge in [0.15, 0.2) is 0 Å². The Kier molecular flexibility index (Phi) is 2.83. The van der Waals surface area contributed by atoms with Crippen LogP contribution >= 0.6 is 0 Å². The number of hydrogen-bond donors (Lipinski definition) is 1. The molecule has 16 heavy (non-hydrogen) atoms. The fraction of sp³-hybridized carbons (Fsp3) is 0.417. The number of carbonyl (C=O) groups excluding carboxylic acids is 1. The summed E-state index contributed by atoms with van der Waals surface area (Å²) in [5, 5.41) is 10.0. The van der Waals surface area contributed by atoms with E-state index in [9.17, 15) is 9.90 Å². The Morgan fingerprint density at radius 3 is 2.44 bits per heavy atom. The van der Waals surface area contributed by atoms with E-state index in [1.54, 1.807) is 38.3 Å². The van der Waals surface area contributed by atoms with Gasteiger partial charge in [0.25, 0.3) is 0 Å². The molecule has 1 N–H and O–H groups in total. The van der Waals surface area contributed by atoms with Crippen LogP contribution in [0.1, 0.15) is 18.6 Å². The van der Waals surface area contributed by atoms with Crippen molar-refractivity contribution in [2.45, 2.75) is 19.1 Å². The number of ether oxygens (including phenoxy) is 2. The van der Waals surface area contributed by atoms with Gasteiger partial charge in [0, 0.05) is 0 Å². The Morgan fingerprint density at radius 1 is 1.38 bits per heavy atom. The van der Waals surface area contributed by atoms with Gasteiger partial charge in [-0.25, -0.2) is 0 Å². The molecule has 1 aromatic carbocycles. The van der Waals surface area contributed by atoms with Gasteiger partial charge in [0.2, 0.25) is 0 Å². The average molecular weight is 222 g/mol. The quantitative estimate of drug-likeness (QED) is 0.783. The van der Waals surface area contributed by atoms with Crippen molar-refractivity contribution < 1.29 is 19.4 Å². The van der Waals surface area contributed by atoms with Crippen LogP contribution in [-0.2, 0) is 9.53 Å². The normalized spacial score (nSPS) is 25.6. The second-order valence-electron chi connectivity index (χ2n) is 3.89. The summed E-state index contributed by atoms with van der Waals surface area (Å²) in [6.45, 7) is 1.78. The maximum atomic E-state index is 11.2. The molecule has 0 spiro atoms. The molecule has 0 unspecified atom stereocenters. The van der Waals surface area contributed by atoms with Gasteiger partial charge in [-0.15, -0.1) is 0 Å². The van der Waals surface area contributed by atoms with Crippen LogP contribution in [0.2, 0.25) is 0 Å². The second kappa shape index (κ2) is 4.14. The van der Waals surface area contributed by atoms with Gasteiger partial charge in [-0.1, -0.05) is 12.1 Å². The molecule has 0 amide bonds. The molecule has 1 saturated heterocycles. The molecule has 0 bridgehead atoms. The molecule has 4 nitrogen and oxygen atoms in total. The summed E-state index contributed by atoms with van der Waals surface area (Å²) < 4.78 is 9.83. The summed E-state index contributed by atoms with van der Waals surface area (Å²) in [5.74, 6) is -0.0654. The lowest BCUT2D eigenvalue weighted by molar-refractivity contribution is -0.193. The molecule has 4 heteroatoms. The monoisotopic (exact) mass is 222 g/mol. The predicted molar refractivity (Wildman–Crippen MR) is 57.0 cm³/mol. The van der Waals surface area contributed by atoms with Crippen molar-refractivity contribution in [1.29, 1.82) is 0 Å². The summed E-state index contributed by atoms with van der Waals surface area (Å²) in [7, 11) is 1.58. The highest BCUT2D eigenvalue weighted by Crippen LogP contribution is 2.34. The van der Waals surface area contributed by atoms with Crippen LogP contribution in [0.3, 0.4) is 0 Å². The van der Waals surface area contributed by atoms with Gasteiger partial charge in [0.1, 0.15) is 17.8 Å². The van der Waals surface area contributed by atoms with Crippen LogP contribution in [0.4, 0.5) is 0 Å². The molecule has 1 aliphatic heterocycles. The van der Waals surface area contributed by atoms with Crippen LogP contribution in [-0.4, -0.2) is 24.3 Å². The Balaban J connectivity index is 2.14. The summed E-state index contributed by atoms with van der Waals surface area (Å²) in [5.41, 5.74) is 0.703. The van der Waals surface area contributed by atoms with Crippen molar-refractivity contribution in [3.63, 3.8) is 0 Å². The molecule has 2 rings (SSSR count). The molecule has 0 aliphatic carbocycles. The molecule has 3 atom stereocenters. The molecular weight excluding hydrogens is 208 g/mol. The number of aliphatic hydroxyl groups is 1. The lowest BCUT2D eigenvalue weighted by Crippen LogP contribution is -2.46. The molecule has 0 aromatic heterocycles. The Bertz CT molecular complexity index is 385. The van der Waals surface area contributed by atoms with Gasteiger partial charge in [0.05, 0.1) is 13.2 Å². The second-order valence-corrected chi connectivity index (χ2v) is 3.89. The number of aliphatic hydroxyl groups excluding tert-OH is 1. The third-order valence-corrected chi connectivity index (χ3v) is 2.88. The molecule has 1 heterocycles. The molecule has 1 aromatic rings. The summed E-state index contributed by atoms with van der Waals surface area (Å²) >= 11 is 0. The van der Waals surface area contributed by atoms with E-state index in [1.165, 1.54) is 0 Å². The molecule has 1 aliphatic rings. The minimum absolute atomic E-state index is 0.218. The van der Waals surface area contributed by atoms with Crippen molar-refractivity contribution in [2.24, 2.45) is 5.92 Å². The first-order chi connectivity index (χ1) is 7.63. The van der Waals surface area contributed by atoms with Crippen molar-refractivity contribution in [1.82, 2.24) is 0 Å². The lowest BCUT2D eigenvalue weighted by Gasteiger charge is -2.35. The maximum absolute atomic E-state index is 11.2. The number of cyclic esters (lactones) is 1. The van der Waals surface area contributed by atoms with Gasteiger partial charge in [-0.2, -0.15) is 0 Å². The third-order valence-electron chi connectivity index (χ3n) is 2.88. The summed E-state index contributed by atoms with van der Waals surface area (Å²) in [6.07, 6.45) is -1.02. The molecule has 1 fully saturated rings. The van der Waals surface area contributed by atoms with E-state index in [1.807, 2.05) is 0 Å². The molecule has 0 radical (unpaired) electrons. The maximum Gasteiger partial charge on any atom is 0.316 e. The van der Waals surface area contributed by atoms with E-state index in [0.717, 1.165) is 5.75 Å². The van der Waals surface area contributed by atoms with Crippen LogP contribution in [0.15, 0.2) is 24.3 Å². The first-order valence-corrected chi connectivity index (χ1v) is 5.16. The fourth-order valence-electron chi connectivity index (χ4n) is 1.85. The first kappa shape index (κ1) is 11.0. The van der Waals surface area contributed by atoms with Gasteiger partial charge in [-0.05, 0) is 24.6 Å². The lowest BCUT2D eigenvalue weighted by atomic mass is 9.88. The number of carbonyl (C=O) groups is 1. The van der Waals surface area contributed by atoms with Crippen LogP contribution in [0, 0.1) is 5.92 Å². The van der Waals surface area contributed by atoms with Gasteiger partial charge >= 0.3 is 5.97 Å². The minimum atomic E-state index is -0.804. The average Bonchev–Trinajstić information content (AvgIpc) is 2.28. The zero-order valence-electron chi connectivity index (χ0n) is 9.21. The largest absolute Gasteiger partial charge is 0.497 e. The van der Waals surface area contributed by atoms with E-state index in [4.69, 9.17) is 9.47 Å². The summed E-state index contributed by atoms with van der Waals surface area (Å²) in [6, 6.07) is 7.02. The van der Waals surface area contributed by atoms with E-state index >= 15 is 0 Å². The Morgan fingerprint density at radius 2 is 2.00 bits per heavy atom. The highest BCUT2D eigenvalue weighted by molar-refractivity contribution is 5.79. The van der Waals surface area contributed by atoms with Crippen LogP contribution in [0.25, 0.3) is 0 Å². The minimum Gasteiger partial charge on any atom is -0.497 e. The standard InChI is InChI=1S/C12H14O4/c1-7-10(12(14)16-7)11(13)8-3-5-9(15-2)6-4-8/h3-7,10-11,13H,1-2H3/t7-,10+,11-/m1/s1. The predicted octanol–water partition coefficient (Wildman–Crippen LogP) is 1.29. The van der Waals surface area contributed by atoms with Crippen molar-refractivity contribution >= 4 is 5.97 Å². The number of benzene rings is 1. The van der Waals surface area contributed by atoms with Crippen LogP contribution < -0.4 is 4.74 Å². The first-order valence-electron chi connectivity index (χ1n) is 5.16. The smallest absolute Gasteiger partial charge is 0.316 e. The van der Waals surface area contributed by atoms with E-state index in [0.29, 0.717) is 5.56 Å². The number of hydrogen-bond acceptors (Lipinski definition) is 4. The number of esters is 1. The molecule has 86 valence electrons. The van der Waals surface area contributed by atoms with Crippen molar-refractivity contribution in [3.8, 4) is 5.75 Å². The van der Waals surface area contributed by atoms with Crippen LogP contribution in [0.5, 0.6) is 5.75 Å². The fourth-order valence-corrected chi connectivity index (χ4v) is 1.85. The topological polar surface area (TPSA) is 55.8 Å². The number of methoxy groups -OCH3 is 1. The SMILES string of the molecule is COc1ccc([C@@H](O)[C@H]2C(=O)O[C@@H]2C)cc1. The molecular formula is C12H14O4. The number of rotatable bonds is 3. The Hall–Kier alpha value is -1.55. The van der Waals surface area contributed by atoms with E-state index < -0.39 is 12.0 Å². The highest BCUT2D eigenvalue weighted by atomic mass is 16.6. The van der Waals surface area contributed by atoms with Crippen molar-refractivity contribution in [3.05, 3.63) is 29.8 Å². The van der Waals surface area contributed by atoms with Crippen molar-refractivity contribution in [2.75, 3.05) is 7.11 Å². The summed E-state index contributed by atoms with van der Waals surface area (Å²) in [4.78, 5) is 11.2. The molecule has 0 saturated carbocycles. The zero-order valence-corrected chi connectivity index (χ0v) is 9.21. The van der Waals surface area contributed by atoms with Gasteiger partial charge in [-0.3, -0.25) is 4.79 Å². The van der Waals surface area contributed by atoms with E-state index in [-0.39, 0.29) is 12.1 Å². The van der Waals surface area contributed by atoms with Gasteiger partial charge < -0.3 is 14.6 Å².